The van der Waals surface area contributed by atoms with Crippen molar-refractivity contribution in [2.24, 2.45) is 0 Å². The number of methoxy groups -OCH3 is 1. The van der Waals surface area contributed by atoms with Crippen molar-refractivity contribution in [3.63, 3.8) is 0 Å². The summed E-state index contributed by atoms with van der Waals surface area (Å²) in [6, 6.07) is 0. The van der Waals surface area contributed by atoms with Crippen molar-refractivity contribution >= 4 is 11.5 Å². The molecule has 1 heterocycles. The minimum atomic E-state index is -0.472. The first-order chi connectivity index (χ1) is 5.25. The maximum absolute atomic E-state index is 10.8. The molecule has 1 aromatic heterocycles. The second-order valence-electron chi connectivity index (χ2n) is 1.91. The Labute approximate surface area is 63.9 Å². The Bertz CT molecular complexity index is 264. The fourth-order valence-corrected chi connectivity index (χ4v) is 0.650. The largest absolute Gasteiger partial charge is 0.465 e. The van der Waals surface area contributed by atoms with Crippen LogP contribution < -0.4 is 0 Å². The van der Waals surface area contributed by atoms with E-state index in [9.17, 15) is 4.79 Å². The van der Waals surface area contributed by atoms with Crippen molar-refractivity contribution in [3.8, 4) is 0 Å². The number of nitrogens with one attached hydrogen (secondary N) is 1. The maximum Gasteiger partial charge on any atom is 0.341 e. The van der Waals surface area contributed by atoms with Crippen LogP contribution in [0.1, 0.15) is 5.82 Å². The first-order valence-electron chi connectivity index (χ1n) is 3.02. The van der Waals surface area contributed by atoms with Crippen molar-refractivity contribution < 1.29 is 9.53 Å². The van der Waals surface area contributed by atoms with Gasteiger partial charge in [-0.1, -0.05) is 6.58 Å². The van der Waals surface area contributed by atoms with Crippen LogP contribution in [-0.4, -0.2) is 23.0 Å². The number of carbonyl (C=O) groups excluding carboxylic acids is 1. The number of imidazole rings is 1. The number of esters is 1. The minimum Gasteiger partial charge on any atom is -0.465 e. The highest BCUT2D eigenvalue weighted by Gasteiger charge is 2.10. The molecule has 0 unspecified atom stereocenters. The van der Waals surface area contributed by atoms with Crippen molar-refractivity contribution in [3.05, 3.63) is 24.8 Å². The highest BCUT2D eigenvalue weighted by molar-refractivity contribution is 6.14. The summed E-state index contributed by atoms with van der Waals surface area (Å²) in [5.74, 6) is -0.0307. The van der Waals surface area contributed by atoms with E-state index in [1.807, 2.05) is 0 Å². The van der Waals surface area contributed by atoms with Crippen molar-refractivity contribution in [1.82, 2.24) is 9.97 Å². The number of aromatic nitrogens is 2. The summed E-state index contributed by atoms with van der Waals surface area (Å²) in [6.07, 6.45) is 3.16. The predicted octanol–water partition coefficient (Wildman–Crippen LogP) is 0.596. The molecule has 4 heteroatoms. The molecule has 0 radical (unpaired) electrons. The Hall–Kier alpha value is -1.58. The molecule has 0 amide bonds. The highest BCUT2D eigenvalue weighted by Crippen LogP contribution is 2.06. The van der Waals surface area contributed by atoms with E-state index in [2.05, 4.69) is 21.3 Å². The number of H-pyrrole nitrogens is 1. The second-order valence-corrected chi connectivity index (χ2v) is 1.91. The molecule has 4 nitrogen and oxygen atoms in total. The number of rotatable bonds is 2. The zero-order chi connectivity index (χ0) is 8.27. The number of hydrogen-bond donors (Lipinski definition) is 1. The molecule has 0 bridgehead atoms. The van der Waals surface area contributed by atoms with Gasteiger partial charge in [0, 0.05) is 12.4 Å². The summed E-state index contributed by atoms with van der Waals surface area (Å²) in [7, 11) is 1.30. The van der Waals surface area contributed by atoms with E-state index in [0.29, 0.717) is 5.82 Å². The van der Waals surface area contributed by atoms with Gasteiger partial charge in [0.1, 0.15) is 5.82 Å². The summed E-state index contributed by atoms with van der Waals surface area (Å²) in [4.78, 5) is 17.4. The summed E-state index contributed by atoms with van der Waals surface area (Å²) in [6.45, 7) is 3.50. The van der Waals surface area contributed by atoms with Crippen molar-refractivity contribution in [2.75, 3.05) is 7.11 Å². The fraction of sp³-hybridized carbons (Fsp3) is 0.143. The van der Waals surface area contributed by atoms with E-state index in [1.165, 1.54) is 7.11 Å². The molecule has 11 heavy (non-hydrogen) atoms. The normalized spacial score (nSPS) is 9.18. The van der Waals surface area contributed by atoms with Gasteiger partial charge in [0.15, 0.2) is 0 Å². The molecule has 0 aliphatic rings. The van der Waals surface area contributed by atoms with E-state index in [1.54, 1.807) is 12.4 Å². The molecule has 0 aromatic carbocycles. The molecule has 1 N–H and O–H groups in total. The summed E-state index contributed by atoms with van der Waals surface area (Å²) in [5, 5.41) is 0. The van der Waals surface area contributed by atoms with Gasteiger partial charge in [0.25, 0.3) is 0 Å². The average Bonchev–Trinajstić information content (AvgIpc) is 2.53. The monoisotopic (exact) mass is 152 g/mol. The molecule has 0 fully saturated rings. The lowest BCUT2D eigenvalue weighted by Crippen LogP contribution is -2.03. The number of carbonyl (C=O) groups is 1. The Balaban J connectivity index is 2.79. The van der Waals surface area contributed by atoms with Gasteiger partial charge in [0.05, 0.1) is 12.7 Å². The molecule has 0 spiro atoms. The van der Waals surface area contributed by atoms with Crippen LogP contribution in [0.15, 0.2) is 19.0 Å². The van der Waals surface area contributed by atoms with Crippen LogP contribution in [-0.2, 0) is 9.53 Å². The third-order valence-corrected chi connectivity index (χ3v) is 1.22. The molecule has 0 aliphatic carbocycles. The first kappa shape index (κ1) is 7.53. The zero-order valence-electron chi connectivity index (χ0n) is 6.13. The quantitative estimate of drug-likeness (QED) is 0.498. The zero-order valence-corrected chi connectivity index (χ0v) is 6.13. The Morgan fingerprint density at radius 1 is 1.82 bits per heavy atom. The summed E-state index contributed by atoms with van der Waals surface area (Å²) >= 11 is 0. The molecule has 58 valence electrons. The van der Waals surface area contributed by atoms with Gasteiger partial charge < -0.3 is 9.72 Å². The topological polar surface area (TPSA) is 55.0 Å². The second kappa shape index (κ2) is 3.01. The Morgan fingerprint density at radius 3 is 3.00 bits per heavy atom. The molecular formula is C7H8N2O2. The van der Waals surface area contributed by atoms with Gasteiger partial charge >= 0.3 is 5.97 Å². The van der Waals surface area contributed by atoms with Gasteiger partial charge in [-0.15, -0.1) is 0 Å². The van der Waals surface area contributed by atoms with Gasteiger partial charge in [-0.3, -0.25) is 0 Å². The lowest BCUT2D eigenvalue weighted by Gasteiger charge is -1.97. The Morgan fingerprint density at radius 2 is 2.55 bits per heavy atom. The van der Waals surface area contributed by atoms with E-state index in [-0.39, 0.29) is 5.57 Å². The minimum absolute atomic E-state index is 0.234. The van der Waals surface area contributed by atoms with Crippen LogP contribution in [0.2, 0.25) is 0 Å². The number of aromatic amines is 1. The molecule has 0 saturated heterocycles. The number of ether oxygens (including phenoxy) is 1. The first-order valence-corrected chi connectivity index (χ1v) is 3.02. The van der Waals surface area contributed by atoms with Crippen molar-refractivity contribution in [1.29, 1.82) is 0 Å². The van der Waals surface area contributed by atoms with Crippen LogP contribution in [0.4, 0.5) is 0 Å². The van der Waals surface area contributed by atoms with E-state index >= 15 is 0 Å². The average molecular weight is 152 g/mol. The smallest absolute Gasteiger partial charge is 0.341 e. The fourth-order valence-electron chi connectivity index (χ4n) is 0.650. The number of hydrogen-bond acceptors (Lipinski definition) is 3. The van der Waals surface area contributed by atoms with Gasteiger partial charge in [0.2, 0.25) is 0 Å². The Kier molecular flexibility index (Phi) is 2.06. The lowest BCUT2D eigenvalue weighted by molar-refractivity contribution is -0.133. The van der Waals surface area contributed by atoms with Crippen LogP contribution in [0, 0.1) is 0 Å². The van der Waals surface area contributed by atoms with E-state index in [0.717, 1.165) is 0 Å². The SMILES string of the molecule is C=C(C(=O)OC)c1ncc[nH]1. The molecule has 0 atom stereocenters. The van der Waals surface area contributed by atoms with E-state index in [4.69, 9.17) is 0 Å². The highest BCUT2D eigenvalue weighted by atomic mass is 16.5. The molecule has 0 saturated carbocycles. The van der Waals surface area contributed by atoms with Gasteiger partial charge in [-0.05, 0) is 0 Å². The summed E-state index contributed by atoms with van der Waals surface area (Å²) < 4.78 is 4.44. The molecule has 1 aromatic rings. The third-order valence-electron chi connectivity index (χ3n) is 1.22. The third kappa shape index (κ3) is 1.46. The predicted molar refractivity (Wildman–Crippen MR) is 39.6 cm³/mol. The number of nitrogens with zero attached hydrogens (tertiary/aromatic N) is 1. The molecule has 1 rings (SSSR count). The van der Waals surface area contributed by atoms with Crippen LogP contribution in [0.5, 0.6) is 0 Å². The standard InChI is InChI=1S/C7H8N2O2/c1-5(7(10)11-2)6-8-3-4-9-6/h3-4H,1H2,2H3,(H,8,9). The maximum atomic E-state index is 10.8. The lowest BCUT2D eigenvalue weighted by atomic mass is 10.3. The summed E-state index contributed by atoms with van der Waals surface area (Å²) in [5.41, 5.74) is 0.234. The van der Waals surface area contributed by atoms with Crippen LogP contribution in [0.3, 0.4) is 0 Å². The molecule has 0 aliphatic heterocycles. The van der Waals surface area contributed by atoms with Crippen LogP contribution >= 0.6 is 0 Å². The molecular weight excluding hydrogens is 144 g/mol. The van der Waals surface area contributed by atoms with Gasteiger partial charge in [-0.25, -0.2) is 9.78 Å². The van der Waals surface area contributed by atoms with Crippen molar-refractivity contribution in [2.45, 2.75) is 0 Å². The van der Waals surface area contributed by atoms with Gasteiger partial charge in [-0.2, -0.15) is 0 Å². The van der Waals surface area contributed by atoms with E-state index < -0.39 is 5.97 Å². The van der Waals surface area contributed by atoms with Crippen LogP contribution in [0.25, 0.3) is 5.57 Å².